The average Bonchev–Trinajstić information content (AvgIpc) is 2.90. The van der Waals surface area contributed by atoms with E-state index in [2.05, 4.69) is 0 Å². The van der Waals surface area contributed by atoms with Crippen molar-refractivity contribution in [2.75, 3.05) is 12.4 Å². The number of carbonyl (C=O) groups is 2. The Hall–Kier alpha value is -2.55. The third kappa shape index (κ3) is 3.81. The molecular weight excluding hydrogens is 333 g/mol. The van der Waals surface area contributed by atoms with Gasteiger partial charge in [-0.15, -0.1) is 11.3 Å². The summed E-state index contributed by atoms with van der Waals surface area (Å²) in [7, 11) is 1.50. The number of nitrogens with one attached hydrogen (secondary N) is 1. The van der Waals surface area contributed by atoms with Crippen LogP contribution in [0.25, 0.3) is 10.4 Å². The van der Waals surface area contributed by atoms with E-state index in [0.29, 0.717) is 16.2 Å². The second-order valence-electron chi connectivity index (χ2n) is 4.40. The Bertz CT molecular complexity index is 739. The normalized spacial score (nSPS) is 11.1. The molecule has 5 nitrogen and oxygen atoms in total. The van der Waals surface area contributed by atoms with E-state index in [0.717, 1.165) is 11.3 Å². The highest BCUT2D eigenvalue weighted by molar-refractivity contribution is 7.18. The van der Waals surface area contributed by atoms with Crippen LogP contribution in [0.2, 0.25) is 0 Å². The molecule has 2 amide bonds. The molecule has 2 rings (SSSR count). The smallest absolute Gasteiger partial charge is 0.471 e. The third-order valence-electron chi connectivity index (χ3n) is 2.84. The predicted octanol–water partition coefficient (Wildman–Crippen LogP) is 3.02. The summed E-state index contributed by atoms with van der Waals surface area (Å²) in [5, 5.41) is 1.67. The second kappa shape index (κ2) is 6.29. The molecule has 0 aliphatic carbocycles. The lowest BCUT2D eigenvalue weighted by Crippen LogP contribution is -2.30. The fourth-order valence-electron chi connectivity index (χ4n) is 1.76. The summed E-state index contributed by atoms with van der Waals surface area (Å²) in [6.45, 7) is 0. The molecule has 0 saturated carbocycles. The van der Waals surface area contributed by atoms with Crippen molar-refractivity contribution in [2.45, 2.75) is 6.18 Å². The van der Waals surface area contributed by atoms with Gasteiger partial charge in [0, 0.05) is 4.88 Å². The summed E-state index contributed by atoms with van der Waals surface area (Å²) < 4.78 is 42.0. The quantitative estimate of drug-likeness (QED) is 0.894. The number of methoxy groups -OCH3 is 1. The highest BCUT2D eigenvalue weighted by atomic mass is 32.1. The number of primary amides is 1. The average molecular weight is 344 g/mol. The number of benzene rings is 1. The van der Waals surface area contributed by atoms with Crippen molar-refractivity contribution in [3.63, 3.8) is 0 Å². The fraction of sp³-hybridized carbons (Fsp3) is 0.143. The number of carbonyl (C=O) groups excluding carboxylic acids is 2. The predicted molar refractivity (Wildman–Crippen MR) is 79.5 cm³/mol. The zero-order valence-electron chi connectivity index (χ0n) is 11.7. The molecule has 0 fully saturated rings. The topological polar surface area (TPSA) is 81.4 Å². The van der Waals surface area contributed by atoms with Gasteiger partial charge in [0.15, 0.2) is 0 Å². The van der Waals surface area contributed by atoms with Gasteiger partial charge in [-0.1, -0.05) is 0 Å². The first-order valence-corrected chi connectivity index (χ1v) is 7.00. The van der Waals surface area contributed by atoms with E-state index in [-0.39, 0.29) is 10.6 Å². The van der Waals surface area contributed by atoms with E-state index in [4.69, 9.17) is 10.5 Å². The van der Waals surface area contributed by atoms with Gasteiger partial charge in [-0.05, 0) is 35.9 Å². The van der Waals surface area contributed by atoms with Gasteiger partial charge < -0.3 is 15.8 Å². The Morgan fingerprint density at radius 3 is 2.30 bits per heavy atom. The Morgan fingerprint density at radius 1 is 1.22 bits per heavy atom. The van der Waals surface area contributed by atoms with Gasteiger partial charge in [0.1, 0.15) is 10.6 Å². The summed E-state index contributed by atoms with van der Waals surface area (Å²) >= 11 is 0.889. The Morgan fingerprint density at radius 2 is 1.83 bits per heavy atom. The number of ether oxygens (including phenoxy) is 1. The van der Waals surface area contributed by atoms with E-state index in [1.54, 1.807) is 29.6 Å². The van der Waals surface area contributed by atoms with Crippen molar-refractivity contribution in [1.29, 1.82) is 0 Å². The van der Waals surface area contributed by atoms with Crippen molar-refractivity contribution < 1.29 is 27.5 Å². The number of halogens is 3. The summed E-state index contributed by atoms with van der Waals surface area (Å²) in [5.74, 6) is -2.49. The number of anilines is 1. The van der Waals surface area contributed by atoms with E-state index in [1.165, 1.54) is 13.2 Å². The highest BCUT2D eigenvalue weighted by Crippen LogP contribution is 2.36. The number of thiophene rings is 1. The van der Waals surface area contributed by atoms with Crippen LogP contribution in [0.15, 0.2) is 30.3 Å². The molecular formula is C14H11F3N2O3S. The maximum Gasteiger partial charge on any atom is 0.471 e. The van der Waals surface area contributed by atoms with Crippen molar-refractivity contribution in [3.05, 3.63) is 35.2 Å². The second-order valence-corrected chi connectivity index (χ2v) is 5.45. The van der Waals surface area contributed by atoms with Crippen LogP contribution >= 0.6 is 11.3 Å². The maximum absolute atomic E-state index is 12.3. The molecule has 0 aliphatic heterocycles. The highest BCUT2D eigenvalue weighted by Gasteiger charge is 2.39. The van der Waals surface area contributed by atoms with Crippen molar-refractivity contribution in [3.8, 4) is 16.2 Å². The van der Waals surface area contributed by atoms with Gasteiger partial charge >= 0.3 is 12.1 Å². The molecule has 1 aromatic carbocycles. The van der Waals surface area contributed by atoms with Crippen molar-refractivity contribution >= 4 is 28.8 Å². The largest absolute Gasteiger partial charge is 0.497 e. The minimum atomic E-state index is -5.06. The Kier molecular flexibility index (Phi) is 4.60. The van der Waals surface area contributed by atoms with Gasteiger partial charge in [0.2, 0.25) is 0 Å². The molecule has 1 aromatic heterocycles. The molecule has 0 unspecified atom stereocenters. The van der Waals surface area contributed by atoms with Gasteiger partial charge in [0.25, 0.3) is 5.91 Å². The van der Waals surface area contributed by atoms with Crippen LogP contribution in [0.5, 0.6) is 5.75 Å². The SMILES string of the molecule is COc1ccc(-c2cc(NC(=O)C(F)(F)F)c(C(N)=O)s2)cc1. The van der Waals surface area contributed by atoms with Crippen LogP contribution in [0.1, 0.15) is 9.67 Å². The summed E-state index contributed by atoms with van der Waals surface area (Å²) in [6, 6.07) is 7.94. The molecule has 3 N–H and O–H groups in total. The van der Waals surface area contributed by atoms with Crippen LogP contribution in [-0.4, -0.2) is 25.1 Å². The van der Waals surface area contributed by atoms with Gasteiger partial charge in [-0.25, -0.2) is 0 Å². The summed E-state index contributed by atoms with van der Waals surface area (Å²) in [6.07, 6.45) is -5.06. The van der Waals surface area contributed by atoms with Crippen LogP contribution in [0.4, 0.5) is 18.9 Å². The standard InChI is InChI=1S/C14H11F3N2O3S/c1-22-8-4-2-7(3-5-8)10-6-9(11(23-10)12(18)20)19-13(21)14(15,16)17/h2-6H,1H3,(H2,18,20)(H,19,21). The lowest BCUT2D eigenvalue weighted by Gasteiger charge is -2.07. The first-order valence-electron chi connectivity index (χ1n) is 6.18. The van der Waals surface area contributed by atoms with Gasteiger partial charge in [0.05, 0.1) is 12.8 Å². The minimum absolute atomic E-state index is 0.159. The molecule has 1 heterocycles. The van der Waals surface area contributed by atoms with Crippen LogP contribution in [-0.2, 0) is 4.79 Å². The van der Waals surface area contributed by atoms with Crippen LogP contribution in [0.3, 0.4) is 0 Å². The summed E-state index contributed by atoms with van der Waals surface area (Å²) in [5.41, 5.74) is 5.53. The molecule has 9 heteroatoms. The number of alkyl halides is 3. The molecule has 0 saturated heterocycles. The lowest BCUT2D eigenvalue weighted by atomic mass is 10.2. The maximum atomic E-state index is 12.3. The molecule has 0 spiro atoms. The third-order valence-corrected chi connectivity index (χ3v) is 4.03. The fourth-order valence-corrected chi connectivity index (χ4v) is 2.73. The van der Waals surface area contributed by atoms with E-state index < -0.39 is 18.0 Å². The molecule has 0 aliphatic rings. The van der Waals surface area contributed by atoms with Gasteiger partial charge in [-0.2, -0.15) is 13.2 Å². The van der Waals surface area contributed by atoms with Gasteiger partial charge in [-0.3, -0.25) is 9.59 Å². The van der Waals surface area contributed by atoms with E-state index in [1.807, 2.05) is 0 Å². The van der Waals surface area contributed by atoms with Crippen molar-refractivity contribution in [1.82, 2.24) is 0 Å². The van der Waals surface area contributed by atoms with Crippen molar-refractivity contribution in [2.24, 2.45) is 5.73 Å². The van der Waals surface area contributed by atoms with E-state index in [9.17, 15) is 22.8 Å². The zero-order valence-corrected chi connectivity index (χ0v) is 12.5. The molecule has 122 valence electrons. The van der Waals surface area contributed by atoms with E-state index >= 15 is 0 Å². The first-order chi connectivity index (χ1) is 10.7. The zero-order chi connectivity index (χ0) is 17.2. The summed E-state index contributed by atoms with van der Waals surface area (Å²) in [4.78, 5) is 22.7. The number of hydrogen-bond donors (Lipinski definition) is 2. The molecule has 2 aromatic rings. The number of hydrogen-bond acceptors (Lipinski definition) is 4. The molecule has 0 atom stereocenters. The Balaban J connectivity index is 2.38. The first kappa shape index (κ1) is 16.8. The molecule has 0 bridgehead atoms. The van der Waals surface area contributed by atoms with Crippen LogP contribution < -0.4 is 15.8 Å². The minimum Gasteiger partial charge on any atom is -0.497 e. The number of amides is 2. The number of nitrogens with two attached hydrogens (primary N) is 1. The molecule has 0 radical (unpaired) electrons. The van der Waals surface area contributed by atoms with Crippen LogP contribution in [0, 0.1) is 0 Å². The lowest BCUT2D eigenvalue weighted by molar-refractivity contribution is -0.167. The monoisotopic (exact) mass is 344 g/mol. The Labute approximate surface area is 132 Å². The molecule has 23 heavy (non-hydrogen) atoms. The number of rotatable bonds is 4.